The third kappa shape index (κ3) is 9.09. The van der Waals surface area contributed by atoms with E-state index in [0.29, 0.717) is 90.7 Å². The summed E-state index contributed by atoms with van der Waals surface area (Å²) in [5, 5.41) is 15.8. The van der Waals surface area contributed by atoms with Crippen LogP contribution in [0.1, 0.15) is 48.2 Å². The molecule has 1 atom stereocenters. The molecule has 1 aromatic carbocycles. The van der Waals surface area contributed by atoms with Crippen molar-refractivity contribution in [3.8, 4) is 11.5 Å². The molecule has 0 radical (unpaired) electrons. The van der Waals surface area contributed by atoms with Gasteiger partial charge in [0.1, 0.15) is 16.5 Å². The quantitative estimate of drug-likeness (QED) is 0.0931. The fourth-order valence-corrected chi connectivity index (χ4v) is 9.46. The summed E-state index contributed by atoms with van der Waals surface area (Å²) in [5.41, 5.74) is 1.25. The molecule has 4 fully saturated rings. The Bertz CT molecular complexity index is 2280. The second-order valence-corrected chi connectivity index (χ2v) is 17.5. The van der Waals surface area contributed by atoms with Crippen molar-refractivity contribution in [3.63, 3.8) is 0 Å². The van der Waals surface area contributed by atoms with E-state index in [1.54, 1.807) is 36.7 Å². The number of benzene rings is 1. The summed E-state index contributed by atoms with van der Waals surface area (Å²) in [6.45, 7) is 7.65. The van der Waals surface area contributed by atoms with Gasteiger partial charge >= 0.3 is 12.0 Å². The van der Waals surface area contributed by atoms with Crippen molar-refractivity contribution >= 4 is 58.1 Å². The molecule has 4 aliphatic heterocycles. The van der Waals surface area contributed by atoms with Crippen molar-refractivity contribution in [2.75, 3.05) is 109 Å². The number of nitrogens with one attached hydrogen (secondary N) is 2. The number of amides is 3. The highest BCUT2D eigenvalue weighted by atomic mass is 32.2. The molecule has 4 aromatic rings. The van der Waals surface area contributed by atoms with Gasteiger partial charge in [-0.05, 0) is 49.9 Å². The lowest BCUT2D eigenvalue weighted by atomic mass is 9.77. The van der Waals surface area contributed by atoms with E-state index in [0.717, 1.165) is 64.1 Å². The fraction of sp³-hybridized carbons (Fsp3) is 0.488. The van der Waals surface area contributed by atoms with Gasteiger partial charge in [0.15, 0.2) is 5.75 Å². The summed E-state index contributed by atoms with van der Waals surface area (Å²) >= 11 is 0. The number of esters is 1. The number of hydrogen-bond donors (Lipinski definition) is 3. The van der Waals surface area contributed by atoms with Gasteiger partial charge in [0.2, 0.25) is 23.8 Å². The van der Waals surface area contributed by atoms with Gasteiger partial charge in [-0.25, -0.2) is 34.5 Å². The minimum Gasteiger partial charge on any atom is -0.490 e. The van der Waals surface area contributed by atoms with Crippen LogP contribution in [0.15, 0.2) is 53.9 Å². The predicted octanol–water partition coefficient (Wildman–Crippen LogP) is 1.63. The molecule has 7 heterocycles. The van der Waals surface area contributed by atoms with Crippen LogP contribution in [0, 0.1) is 0 Å². The Labute approximate surface area is 360 Å². The molecule has 0 unspecified atom stereocenters. The van der Waals surface area contributed by atoms with Crippen molar-refractivity contribution in [1.29, 1.82) is 0 Å². The normalized spacial score (nSPS) is 20.0. The number of aliphatic hydroxyl groups is 1. The fourth-order valence-electron chi connectivity index (χ4n) is 8.15. The van der Waals surface area contributed by atoms with E-state index in [1.165, 1.54) is 17.3 Å². The maximum absolute atomic E-state index is 12.8. The number of urea groups is 1. The number of anilines is 5. The molecule has 1 saturated carbocycles. The first-order valence-corrected chi connectivity index (χ1v) is 22.4. The molecule has 3 N–H and O–H groups in total. The van der Waals surface area contributed by atoms with Crippen LogP contribution in [0.25, 0.3) is 0 Å². The Kier molecular flexibility index (Phi) is 12.1. The third-order valence-electron chi connectivity index (χ3n) is 12.0. The Balaban J connectivity index is 0.678. The number of ether oxygens (including phenoxy) is 2. The molecular weight excluding hydrogens is 819 g/mol. The highest BCUT2D eigenvalue weighted by Crippen LogP contribution is 2.38. The van der Waals surface area contributed by atoms with E-state index in [-0.39, 0.29) is 31.0 Å². The van der Waals surface area contributed by atoms with Gasteiger partial charge in [0.25, 0.3) is 0 Å². The topological polar surface area (TPSA) is 225 Å². The summed E-state index contributed by atoms with van der Waals surface area (Å²) in [6.07, 6.45) is 10.9. The second kappa shape index (κ2) is 18.1. The lowest BCUT2D eigenvalue weighted by Crippen LogP contribution is -2.49. The Hall–Kier alpha value is -6.06. The number of aliphatic hydroxyl groups excluding tert-OH is 1. The first-order chi connectivity index (χ1) is 30.2. The number of piperazine rings is 2. The molecule has 3 aromatic heterocycles. The number of hydrogen-bond acceptors (Lipinski definition) is 18. The number of carbonyl (C=O) groups is 3. The smallest absolute Gasteiger partial charge is 0.346 e. The average Bonchev–Trinajstić information content (AvgIpc) is 3.67. The van der Waals surface area contributed by atoms with Crippen LogP contribution >= 0.6 is 0 Å². The maximum Gasteiger partial charge on any atom is 0.346 e. The van der Waals surface area contributed by atoms with Crippen LogP contribution in [-0.2, 0) is 22.0 Å². The van der Waals surface area contributed by atoms with Gasteiger partial charge < -0.3 is 34.6 Å². The summed E-state index contributed by atoms with van der Waals surface area (Å²) in [4.78, 5) is 74.9. The minimum atomic E-state index is -1.14. The van der Waals surface area contributed by atoms with Crippen LogP contribution in [0.5, 0.6) is 11.5 Å². The standard InChI is InChI=1S/C41H49N13O7S/c55-27-41(9-1-10-41)49-35-34-32(8-22-62(34)59)46-39(48-35)53-19-17-52(18-20-53)38-44-25-31(26-45-38)60-21-2-11-50-13-15-51(16-14-50)37-42-23-28(24-43-37)36(57)61-30-5-3-29(4-6-30)54-12-7-33(56)47-40(54)58/h3-6,23-26,55H,1-2,7-22,27H2,(H,46,48,49)(H,47,56,58)/t62-/m1/s1. The highest BCUT2D eigenvalue weighted by Gasteiger charge is 2.39. The van der Waals surface area contributed by atoms with Gasteiger partial charge in [-0.2, -0.15) is 4.98 Å². The Morgan fingerprint density at radius 3 is 2.08 bits per heavy atom. The number of rotatable bonds is 14. The zero-order valence-electron chi connectivity index (χ0n) is 34.3. The van der Waals surface area contributed by atoms with Gasteiger partial charge in [-0.15, -0.1) is 0 Å². The van der Waals surface area contributed by atoms with Crippen LogP contribution in [0.4, 0.5) is 34.1 Å². The number of fused-ring (bicyclic) bond motifs is 1. The second-order valence-electron chi connectivity index (χ2n) is 16.0. The number of nitrogens with zero attached hydrogens (tertiary/aromatic N) is 11. The van der Waals surface area contributed by atoms with E-state index in [4.69, 9.17) is 19.4 Å². The molecule has 3 saturated heterocycles. The SMILES string of the molecule is O=C1CCN(c2ccc(OC(=O)c3cnc(N4CCN(CCCOc5cnc(N6CCN(c7nc8c(c(NC9(CO)CCC9)n7)[S@](=O)CC8)CC6)nc5)CC4)nc3)cc2)C(=O)N1. The molecule has 5 aliphatic rings. The van der Waals surface area contributed by atoms with E-state index in [9.17, 15) is 23.7 Å². The molecule has 9 rings (SSSR count). The van der Waals surface area contributed by atoms with Crippen molar-refractivity contribution in [2.45, 2.75) is 49.0 Å². The van der Waals surface area contributed by atoms with E-state index >= 15 is 0 Å². The molecular formula is C41H49N13O7S. The Morgan fingerprint density at radius 1 is 0.806 bits per heavy atom. The highest BCUT2D eigenvalue weighted by molar-refractivity contribution is 7.85. The molecule has 62 heavy (non-hydrogen) atoms. The first kappa shape index (κ1) is 41.3. The largest absolute Gasteiger partial charge is 0.490 e. The van der Waals surface area contributed by atoms with Gasteiger partial charge in [-0.3, -0.25) is 24.1 Å². The molecule has 20 nitrogen and oxygen atoms in total. The number of aryl methyl sites for hydroxylation is 1. The third-order valence-corrected chi connectivity index (χ3v) is 13.4. The minimum absolute atomic E-state index is 0.0197. The van der Waals surface area contributed by atoms with Gasteiger partial charge in [0, 0.05) is 102 Å². The summed E-state index contributed by atoms with van der Waals surface area (Å²) < 4.78 is 24.3. The Morgan fingerprint density at radius 2 is 1.45 bits per heavy atom. The van der Waals surface area contributed by atoms with Crippen molar-refractivity contribution in [2.24, 2.45) is 0 Å². The van der Waals surface area contributed by atoms with Crippen LogP contribution in [0.3, 0.4) is 0 Å². The zero-order chi connectivity index (χ0) is 42.6. The van der Waals surface area contributed by atoms with Crippen LogP contribution in [0.2, 0.25) is 0 Å². The summed E-state index contributed by atoms with van der Waals surface area (Å²) in [7, 11) is -1.14. The lowest BCUT2D eigenvalue weighted by Gasteiger charge is -2.42. The maximum atomic E-state index is 12.8. The molecule has 326 valence electrons. The van der Waals surface area contributed by atoms with Gasteiger partial charge in [-0.1, -0.05) is 0 Å². The number of imide groups is 1. The van der Waals surface area contributed by atoms with Crippen molar-refractivity contribution in [3.05, 3.63) is 60.3 Å². The molecule has 0 bridgehead atoms. The van der Waals surface area contributed by atoms with E-state index in [2.05, 4.69) is 50.2 Å². The predicted molar refractivity (Wildman–Crippen MR) is 228 cm³/mol. The summed E-state index contributed by atoms with van der Waals surface area (Å²) in [6, 6.07) is 6.00. The van der Waals surface area contributed by atoms with Crippen LogP contribution in [-0.4, -0.2) is 152 Å². The van der Waals surface area contributed by atoms with E-state index in [1.807, 2.05) is 0 Å². The van der Waals surface area contributed by atoms with Crippen molar-refractivity contribution in [1.82, 2.24) is 40.1 Å². The number of aromatic nitrogens is 6. The molecule has 3 amide bonds. The van der Waals surface area contributed by atoms with E-state index < -0.39 is 28.3 Å². The zero-order valence-corrected chi connectivity index (χ0v) is 35.1. The summed E-state index contributed by atoms with van der Waals surface area (Å²) in [5.74, 6) is 3.00. The molecule has 21 heteroatoms. The van der Waals surface area contributed by atoms with Crippen LogP contribution < -0.4 is 39.7 Å². The number of carbonyl (C=O) groups excluding carboxylic acids is 3. The lowest BCUT2D eigenvalue weighted by molar-refractivity contribution is -0.120. The molecule has 0 spiro atoms. The molecule has 1 aliphatic carbocycles. The average molecular weight is 868 g/mol. The first-order valence-electron chi connectivity index (χ1n) is 21.1. The van der Waals surface area contributed by atoms with Gasteiger partial charge in [0.05, 0.1) is 53.2 Å². The van der Waals surface area contributed by atoms with Crippen molar-refractivity contribution < 1.29 is 33.2 Å². The monoisotopic (exact) mass is 867 g/mol.